The molecule has 0 aliphatic rings. The molecule has 0 saturated heterocycles. The zero-order valence-corrected chi connectivity index (χ0v) is 11.9. The van der Waals surface area contributed by atoms with E-state index in [1.165, 1.54) is 6.42 Å². The van der Waals surface area contributed by atoms with Gasteiger partial charge in [0.05, 0.1) is 0 Å². The lowest BCUT2D eigenvalue weighted by Crippen LogP contribution is -2.31. The summed E-state index contributed by atoms with van der Waals surface area (Å²) < 4.78 is 0. The first-order valence-corrected chi connectivity index (χ1v) is 6.68. The molecule has 102 valence electrons. The molecule has 0 spiro atoms. The molecule has 1 unspecified atom stereocenters. The molecule has 17 heavy (non-hydrogen) atoms. The van der Waals surface area contributed by atoms with Crippen LogP contribution in [0.3, 0.4) is 0 Å². The molecule has 0 aromatic heterocycles. The van der Waals surface area contributed by atoms with Gasteiger partial charge in [0.25, 0.3) is 0 Å². The standard InChI is InChI=1S/C13H29N3O/c1-5-12(2)11-14-9-7-13(17)15-8-6-10-16(3)4/h12,14H,5-11H2,1-4H3,(H,15,17). The van der Waals surface area contributed by atoms with Gasteiger partial charge in [-0.05, 0) is 39.5 Å². The zero-order valence-electron chi connectivity index (χ0n) is 11.9. The maximum Gasteiger partial charge on any atom is 0.221 e. The largest absolute Gasteiger partial charge is 0.356 e. The highest BCUT2D eigenvalue weighted by atomic mass is 16.1. The molecule has 0 bridgehead atoms. The summed E-state index contributed by atoms with van der Waals surface area (Å²) in [5.41, 5.74) is 0. The Bertz CT molecular complexity index is 195. The smallest absolute Gasteiger partial charge is 0.221 e. The second-order valence-corrected chi connectivity index (χ2v) is 4.97. The van der Waals surface area contributed by atoms with E-state index in [-0.39, 0.29) is 5.91 Å². The highest BCUT2D eigenvalue weighted by Crippen LogP contribution is 1.96. The maximum absolute atomic E-state index is 11.4. The van der Waals surface area contributed by atoms with Crippen LogP contribution in [0.25, 0.3) is 0 Å². The summed E-state index contributed by atoms with van der Waals surface area (Å²) in [6.07, 6.45) is 2.78. The molecular weight excluding hydrogens is 214 g/mol. The summed E-state index contributed by atoms with van der Waals surface area (Å²) in [6, 6.07) is 0. The minimum atomic E-state index is 0.153. The van der Waals surface area contributed by atoms with Gasteiger partial charge in [-0.25, -0.2) is 0 Å². The lowest BCUT2D eigenvalue weighted by Gasteiger charge is -2.11. The van der Waals surface area contributed by atoms with Gasteiger partial charge in [0.15, 0.2) is 0 Å². The lowest BCUT2D eigenvalue weighted by molar-refractivity contribution is -0.121. The molecule has 2 N–H and O–H groups in total. The zero-order chi connectivity index (χ0) is 13.1. The Labute approximate surface area is 106 Å². The number of carbonyl (C=O) groups is 1. The molecule has 0 radical (unpaired) electrons. The van der Waals surface area contributed by atoms with Crippen molar-refractivity contribution in [3.63, 3.8) is 0 Å². The summed E-state index contributed by atoms with van der Waals surface area (Å²) in [5, 5.41) is 6.24. The molecule has 0 rings (SSSR count). The van der Waals surface area contributed by atoms with Crippen molar-refractivity contribution in [1.29, 1.82) is 0 Å². The third-order valence-corrected chi connectivity index (χ3v) is 2.82. The van der Waals surface area contributed by atoms with Crippen LogP contribution in [0.1, 0.15) is 33.1 Å². The minimum absolute atomic E-state index is 0.153. The SMILES string of the molecule is CCC(C)CNCCC(=O)NCCCN(C)C. The number of carbonyl (C=O) groups excluding carboxylic acids is 1. The van der Waals surface area contributed by atoms with Gasteiger partial charge in [0.2, 0.25) is 5.91 Å². The molecule has 0 aliphatic heterocycles. The minimum Gasteiger partial charge on any atom is -0.356 e. The summed E-state index contributed by atoms with van der Waals surface area (Å²) in [5.74, 6) is 0.846. The lowest BCUT2D eigenvalue weighted by atomic mass is 10.1. The van der Waals surface area contributed by atoms with Crippen LogP contribution in [-0.2, 0) is 4.79 Å². The normalized spacial score (nSPS) is 12.8. The predicted octanol–water partition coefficient (Wildman–Crippen LogP) is 1.08. The first-order chi connectivity index (χ1) is 8.06. The molecular formula is C13H29N3O. The summed E-state index contributed by atoms with van der Waals surface area (Å²) >= 11 is 0. The van der Waals surface area contributed by atoms with Gasteiger partial charge in [-0.15, -0.1) is 0 Å². The van der Waals surface area contributed by atoms with Crippen molar-refractivity contribution in [3.05, 3.63) is 0 Å². The first-order valence-electron chi connectivity index (χ1n) is 6.68. The van der Waals surface area contributed by atoms with E-state index in [1.807, 2.05) is 14.1 Å². The van der Waals surface area contributed by atoms with Gasteiger partial charge < -0.3 is 15.5 Å². The Balaban J connectivity index is 3.29. The second-order valence-electron chi connectivity index (χ2n) is 4.97. The van der Waals surface area contributed by atoms with E-state index in [0.29, 0.717) is 12.3 Å². The highest BCUT2D eigenvalue weighted by molar-refractivity contribution is 5.75. The van der Waals surface area contributed by atoms with Crippen molar-refractivity contribution in [2.75, 3.05) is 40.3 Å². The fourth-order valence-corrected chi connectivity index (χ4v) is 1.41. The van der Waals surface area contributed by atoms with E-state index in [2.05, 4.69) is 29.4 Å². The van der Waals surface area contributed by atoms with E-state index in [1.54, 1.807) is 0 Å². The van der Waals surface area contributed by atoms with Crippen LogP contribution in [0.5, 0.6) is 0 Å². The number of hydrogen-bond acceptors (Lipinski definition) is 3. The number of nitrogens with zero attached hydrogens (tertiary/aromatic N) is 1. The molecule has 4 heteroatoms. The topological polar surface area (TPSA) is 44.4 Å². The summed E-state index contributed by atoms with van der Waals surface area (Å²) in [4.78, 5) is 13.6. The fourth-order valence-electron chi connectivity index (χ4n) is 1.41. The summed E-state index contributed by atoms with van der Waals surface area (Å²) in [7, 11) is 4.08. The van der Waals surface area contributed by atoms with E-state index >= 15 is 0 Å². The quantitative estimate of drug-likeness (QED) is 0.564. The second kappa shape index (κ2) is 10.5. The Morgan fingerprint density at radius 3 is 2.59 bits per heavy atom. The molecule has 0 aromatic carbocycles. The number of rotatable bonds is 10. The maximum atomic E-state index is 11.4. The van der Waals surface area contributed by atoms with Crippen molar-refractivity contribution in [2.45, 2.75) is 33.1 Å². The molecule has 0 fully saturated rings. The molecule has 0 aliphatic carbocycles. The average molecular weight is 243 g/mol. The van der Waals surface area contributed by atoms with Crippen molar-refractivity contribution < 1.29 is 4.79 Å². The highest BCUT2D eigenvalue weighted by Gasteiger charge is 2.01. The molecule has 1 atom stereocenters. The van der Waals surface area contributed by atoms with E-state index in [0.717, 1.165) is 32.6 Å². The average Bonchev–Trinajstić information content (AvgIpc) is 2.29. The molecule has 1 amide bonds. The molecule has 0 heterocycles. The van der Waals surface area contributed by atoms with Gasteiger partial charge in [-0.1, -0.05) is 20.3 Å². The number of nitrogens with one attached hydrogen (secondary N) is 2. The Kier molecular flexibility index (Phi) is 10.2. The van der Waals surface area contributed by atoms with Gasteiger partial charge in [0, 0.05) is 19.5 Å². The van der Waals surface area contributed by atoms with E-state index in [4.69, 9.17) is 0 Å². The van der Waals surface area contributed by atoms with Crippen LogP contribution >= 0.6 is 0 Å². The van der Waals surface area contributed by atoms with Gasteiger partial charge in [0.1, 0.15) is 0 Å². The number of hydrogen-bond donors (Lipinski definition) is 2. The molecule has 0 aromatic rings. The summed E-state index contributed by atoms with van der Waals surface area (Å²) in [6.45, 7) is 7.99. The fraction of sp³-hybridized carbons (Fsp3) is 0.923. The molecule has 0 saturated carbocycles. The van der Waals surface area contributed by atoms with Crippen molar-refractivity contribution in [2.24, 2.45) is 5.92 Å². The first kappa shape index (κ1) is 16.4. The molecule has 4 nitrogen and oxygen atoms in total. The third-order valence-electron chi connectivity index (χ3n) is 2.82. The van der Waals surface area contributed by atoms with Gasteiger partial charge in [-0.3, -0.25) is 4.79 Å². The van der Waals surface area contributed by atoms with Crippen LogP contribution in [0, 0.1) is 5.92 Å². The monoisotopic (exact) mass is 243 g/mol. The van der Waals surface area contributed by atoms with E-state index < -0.39 is 0 Å². The third kappa shape index (κ3) is 11.6. The van der Waals surface area contributed by atoms with Crippen LogP contribution in [0.2, 0.25) is 0 Å². The van der Waals surface area contributed by atoms with Crippen LogP contribution in [0.4, 0.5) is 0 Å². The van der Waals surface area contributed by atoms with Crippen LogP contribution < -0.4 is 10.6 Å². The van der Waals surface area contributed by atoms with Gasteiger partial charge in [-0.2, -0.15) is 0 Å². The van der Waals surface area contributed by atoms with Crippen molar-refractivity contribution in [1.82, 2.24) is 15.5 Å². The van der Waals surface area contributed by atoms with Crippen molar-refractivity contribution >= 4 is 5.91 Å². The number of amides is 1. The van der Waals surface area contributed by atoms with Gasteiger partial charge >= 0.3 is 0 Å². The Morgan fingerprint density at radius 2 is 2.00 bits per heavy atom. The van der Waals surface area contributed by atoms with Crippen LogP contribution in [0.15, 0.2) is 0 Å². The predicted molar refractivity (Wildman–Crippen MR) is 73.1 cm³/mol. The Hall–Kier alpha value is -0.610. The van der Waals surface area contributed by atoms with Crippen LogP contribution in [-0.4, -0.2) is 51.1 Å². The Morgan fingerprint density at radius 1 is 1.29 bits per heavy atom. The van der Waals surface area contributed by atoms with E-state index in [9.17, 15) is 4.79 Å². The van der Waals surface area contributed by atoms with Crippen molar-refractivity contribution in [3.8, 4) is 0 Å².